The van der Waals surface area contributed by atoms with Gasteiger partial charge in [0.15, 0.2) is 5.82 Å². The van der Waals surface area contributed by atoms with Crippen molar-refractivity contribution in [2.24, 2.45) is 0 Å². The van der Waals surface area contributed by atoms with Gasteiger partial charge in [0, 0.05) is 12.1 Å². The molecular formula is C20H24N4OS. The largest absolute Gasteiger partial charge is 0.494 e. The molecule has 0 aliphatic rings. The smallest absolute Gasteiger partial charge is 0.217 e. The second kappa shape index (κ2) is 8.29. The summed E-state index contributed by atoms with van der Waals surface area (Å²) in [4.78, 5) is 6.66. The third kappa shape index (κ3) is 4.59. The van der Waals surface area contributed by atoms with Crippen molar-refractivity contribution in [1.82, 2.24) is 19.7 Å². The Labute approximate surface area is 159 Å². The first-order valence-electron chi connectivity index (χ1n) is 8.69. The number of aryl methyl sites for hydroxylation is 1. The third-order valence-corrected chi connectivity index (χ3v) is 4.39. The van der Waals surface area contributed by atoms with Gasteiger partial charge in [-0.2, -0.15) is 4.98 Å². The van der Waals surface area contributed by atoms with E-state index < -0.39 is 0 Å². The van der Waals surface area contributed by atoms with Crippen molar-refractivity contribution in [3.8, 4) is 17.1 Å². The summed E-state index contributed by atoms with van der Waals surface area (Å²) in [6.45, 7) is 6.19. The molecule has 3 aromatic rings. The van der Waals surface area contributed by atoms with E-state index in [1.807, 2.05) is 23.7 Å². The number of nitrogens with zero attached hydrogens (tertiary/aromatic N) is 3. The minimum atomic E-state index is 0.555. The molecule has 0 fully saturated rings. The van der Waals surface area contributed by atoms with Crippen LogP contribution in [0.2, 0.25) is 0 Å². The molecule has 136 valence electrons. The van der Waals surface area contributed by atoms with Crippen LogP contribution >= 0.6 is 12.2 Å². The molecule has 0 atom stereocenters. The number of hydrogen-bond acceptors (Lipinski definition) is 4. The monoisotopic (exact) mass is 368 g/mol. The van der Waals surface area contributed by atoms with Gasteiger partial charge < -0.3 is 4.74 Å². The van der Waals surface area contributed by atoms with Gasteiger partial charge in [-0.05, 0) is 50.8 Å². The summed E-state index contributed by atoms with van der Waals surface area (Å²) in [6.07, 6.45) is 0. The van der Waals surface area contributed by atoms with Gasteiger partial charge >= 0.3 is 0 Å². The lowest BCUT2D eigenvalue weighted by Crippen LogP contribution is -2.22. The van der Waals surface area contributed by atoms with E-state index in [1.54, 1.807) is 0 Å². The molecule has 0 spiro atoms. The number of hydrogen-bond donors (Lipinski definition) is 1. The predicted molar refractivity (Wildman–Crippen MR) is 107 cm³/mol. The number of aromatic nitrogens is 3. The average molecular weight is 369 g/mol. The Kier molecular flexibility index (Phi) is 5.85. The number of ether oxygens (including phenoxy) is 1. The molecule has 2 aromatic carbocycles. The van der Waals surface area contributed by atoms with Crippen LogP contribution in [0.15, 0.2) is 48.5 Å². The summed E-state index contributed by atoms with van der Waals surface area (Å²) in [5.74, 6) is 1.70. The standard InChI is InChI=1S/C20H24N4OS/c1-4-25-18-11-7-16(8-12-18)13-23(3)14-24-20(26)21-19(22-24)17-9-5-15(2)6-10-17/h5-12H,4,13-14H2,1-3H3,(H,21,22,26). The Bertz CT molecular complexity index is 897. The van der Waals surface area contributed by atoms with Gasteiger partial charge in [0.25, 0.3) is 0 Å². The number of rotatable bonds is 7. The summed E-state index contributed by atoms with van der Waals surface area (Å²) >= 11 is 5.41. The van der Waals surface area contributed by atoms with Gasteiger partial charge in [0.05, 0.1) is 13.3 Å². The maximum Gasteiger partial charge on any atom is 0.217 e. The highest BCUT2D eigenvalue weighted by atomic mass is 32.1. The Hall–Kier alpha value is -2.44. The van der Waals surface area contributed by atoms with Crippen LogP contribution in [-0.4, -0.2) is 33.3 Å². The topological polar surface area (TPSA) is 46.1 Å². The van der Waals surface area contributed by atoms with E-state index in [-0.39, 0.29) is 0 Å². The zero-order chi connectivity index (χ0) is 18.5. The predicted octanol–water partition coefficient (Wildman–Crippen LogP) is 4.40. The van der Waals surface area contributed by atoms with Crippen LogP contribution in [0.1, 0.15) is 18.1 Å². The lowest BCUT2D eigenvalue weighted by atomic mass is 10.1. The minimum absolute atomic E-state index is 0.555. The van der Waals surface area contributed by atoms with E-state index in [4.69, 9.17) is 17.0 Å². The minimum Gasteiger partial charge on any atom is -0.494 e. The fourth-order valence-corrected chi connectivity index (χ4v) is 2.95. The Morgan fingerprint density at radius 2 is 1.81 bits per heavy atom. The van der Waals surface area contributed by atoms with Crippen LogP contribution < -0.4 is 4.74 Å². The van der Waals surface area contributed by atoms with Gasteiger partial charge in [0.2, 0.25) is 4.77 Å². The maximum atomic E-state index is 5.48. The van der Waals surface area contributed by atoms with Crippen LogP contribution in [0, 0.1) is 11.7 Å². The number of nitrogens with one attached hydrogen (secondary N) is 1. The van der Waals surface area contributed by atoms with Crippen molar-refractivity contribution in [3.05, 3.63) is 64.4 Å². The SMILES string of the molecule is CCOc1ccc(CN(C)Cn2[nH]c(-c3ccc(C)cc3)nc2=S)cc1. The third-order valence-electron chi connectivity index (χ3n) is 4.07. The molecule has 0 radical (unpaired) electrons. The van der Waals surface area contributed by atoms with E-state index >= 15 is 0 Å². The van der Waals surface area contributed by atoms with E-state index in [9.17, 15) is 0 Å². The van der Waals surface area contributed by atoms with Gasteiger partial charge in [-0.1, -0.05) is 42.0 Å². The first kappa shape index (κ1) is 18.4. The second-order valence-corrected chi connectivity index (χ2v) is 6.75. The van der Waals surface area contributed by atoms with Crippen LogP contribution in [-0.2, 0) is 13.2 Å². The quantitative estimate of drug-likeness (QED) is 0.628. The highest BCUT2D eigenvalue weighted by molar-refractivity contribution is 7.71. The molecular weight excluding hydrogens is 344 g/mol. The fraction of sp³-hybridized carbons (Fsp3) is 0.300. The number of benzene rings is 2. The first-order valence-corrected chi connectivity index (χ1v) is 9.10. The summed E-state index contributed by atoms with van der Waals surface area (Å²) in [5.41, 5.74) is 3.48. The molecule has 6 heteroatoms. The van der Waals surface area contributed by atoms with E-state index in [0.29, 0.717) is 18.0 Å². The molecule has 26 heavy (non-hydrogen) atoms. The molecule has 0 saturated carbocycles. The van der Waals surface area contributed by atoms with Crippen LogP contribution in [0.3, 0.4) is 0 Å². The number of aromatic amines is 1. The van der Waals surface area contributed by atoms with Gasteiger partial charge in [-0.3, -0.25) is 10.00 Å². The maximum absolute atomic E-state index is 5.48. The van der Waals surface area contributed by atoms with Gasteiger partial charge in [-0.15, -0.1) is 0 Å². The summed E-state index contributed by atoms with van der Waals surface area (Å²) in [6, 6.07) is 16.4. The van der Waals surface area contributed by atoms with E-state index in [2.05, 4.69) is 65.4 Å². The molecule has 0 amide bonds. The molecule has 0 saturated heterocycles. The Balaban J connectivity index is 1.66. The summed E-state index contributed by atoms with van der Waals surface area (Å²) in [7, 11) is 2.06. The van der Waals surface area contributed by atoms with Crippen molar-refractivity contribution >= 4 is 12.2 Å². The molecule has 0 aliphatic heterocycles. The van der Waals surface area contributed by atoms with Crippen molar-refractivity contribution in [1.29, 1.82) is 0 Å². The Morgan fingerprint density at radius 1 is 1.12 bits per heavy atom. The normalized spacial score (nSPS) is 11.1. The first-order chi connectivity index (χ1) is 12.5. The lowest BCUT2D eigenvalue weighted by molar-refractivity contribution is 0.244. The highest BCUT2D eigenvalue weighted by Gasteiger charge is 2.08. The lowest BCUT2D eigenvalue weighted by Gasteiger charge is -2.17. The zero-order valence-electron chi connectivity index (χ0n) is 15.4. The van der Waals surface area contributed by atoms with Crippen molar-refractivity contribution in [3.63, 3.8) is 0 Å². The van der Waals surface area contributed by atoms with Gasteiger partial charge in [0.1, 0.15) is 5.75 Å². The van der Waals surface area contributed by atoms with Crippen LogP contribution in [0.5, 0.6) is 5.75 Å². The van der Waals surface area contributed by atoms with Crippen molar-refractivity contribution in [2.75, 3.05) is 13.7 Å². The van der Waals surface area contributed by atoms with Crippen molar-refractivity contribution < 1.29 is 4.74 Å². The molecule has 0 unspecified atom stereocenters. The molecule has 1 heterocycles. The highest BCUT2D eigenvalue weighted by Crippen LogP contribution is 2.16. The molecule has 1 N–H and O–H groups in total. The van der Waals surface area contributed by atoms with Crippen LogP contribution in [0.25, 0.3) is 11.4 Å². The zero-order valence-corrected chi connectivity index (χ0v) is 16.2. The molecule has 1 aromatic heterocycles. The molecule has 0 aliphatic carbocycles. The molecule has 3 rings (SSSR count). The van der Waals surface area contributed by atoms with Crippen molar-refractivity contribution in [2.45, 2.75) is 27.1 Å². The van der Waals surface area contributed by atoms with E-state index in [1.165, 1.54) is 11.1 Å². The number of H-pyrrole nitrogens is 1. The average Bonchev–Trinajstić information content (AvgIpc) is 2.98. The second-order valence-electron chi connectivity index (χ2n) is 6.38. The summed E-state index contributed by atoms with van der Waals surface area (Å²) < 4.78 is 7.93. The Morgan fingerprint density at radius 3 is 2.46 bits per heavy atom. The fourth-order valence-electron chi connectivity index (χ4n) is 2.75. The van der Waals surface area contributed by atoms with Gasteiger partial charge in [-0.25, -0.2) is 4.68 Å². The molecule has 5 nitrogen and oxygen atoms in total. The van der Waals surface area contributed by atoms with E-state index in [0.717, 1.165) is 23.7 Å². The van der Waals surface area contributed by atoms with Crippen LogP contribution in [0.4, 0.5) is 0 Å². The summed E-state index contributed by atoms with van der Waals surface area (Å²) in [5, 5.41) is 3.30. The molecule has 0 bridgehead atoms.